The van der Waals surface area contributed by atoms with Gasteiger partial charge in [0, 0.05) is 18.3 Å². The minimum atomic E-state index is -0.254. The zero-order chi connectivity index (χ0) is 12.1. The smallest absolute Gasteiger partial charge is 0.169 e. The Morgan fingerprint density at radius 3 is 2.67 bits per heavy atom. The highest BCUT2D eigenvalue weighted by Gasteiger charge is 2.51. The number of ether oxygens (including phenoxy) is 2. The topological polar surface area (TPSA) is 18.5 Å². The monoisotopic (exact) mass is 244 g/mol. The molecule has 1 atom stereocenters. The summed E-state index contributed by atoms with van der Waals surface area (Å²) in [4.78, 5) is 0. The van der Waals surface area contributed by atoms with E-state index in [4.69, 9.17) is 9.47 Å². The molecular formula is C16H20O2. The van der Waals surface area contributed by atoms with Gasteiger partial charge in [-0.25, -0.2) is 0 Å². The Morgan fingerprint density at radius 2 is 1.78 bits per heavy atom. The van der Waals surface area contributed by atoms with Gasteiger partial charge < -0.3 is 9.47 Å². The van der Waals surface area contributed by atoms with Crippen LogP contribution in [-0.2, 0) is 21.3 Å². The Morgan fingerprint density at radius 1 is 0.944 bits per heavy atom. The number of benzene rings is 1. The van der Waals surface area contributed by atoms with E-state index in [1.165, 1.54) is 25.7 Å². The van der Waals surface area contributed by atoms with E-state index in [1.807, 2.05) is 0 Å². The summed E-state index contributed by atoms with van der Waals surface area (Å²) in [6.07, 6.45) is 7.19. The lowest BCUT2D eigenvalue weighted by Gasteiger charge is -2.43. The van der Waals surface area contributed by atoms with E-state index >= 15 is 0 Å². The number of hydrogen-bond acceptors (Lipinski definition) is 2. The van der Waals surface area contributed by atoms with E-state index in [2.05, 4.69) is 24.3 Å². The van der Waals surface area contributed by atoms with Crippen LogP contribution >= 0.6 is 0 Å². The van der Waals surface area contributed by atoms with Gasteiger partial charge in [-0.2, -0.15) is 0 Å². The molecule has 18 heavy (non-hydrogen) atoms. The van der Waals surface area contributed by atoms with Crippen molar-refractivity contribution in [3.05, 3.63) is 35.4 Å². The Labute approximate surface area is 108 Å². The molecule has 0 bridgehead atoms. The van der Waals surface area contributed by atoms with Crippen molar-refractivity contribution >= 4 is 0 Å². The first-order valence-electron chi connectivity index (χ1n) is 7.18. The third-order valence-corrected chi connectivity index (χ3v) is 5.10. The van der Waals surface area contributed by atoms with Crippen LogP contribution in [0.1, 0.15) is 43.2 Å². The third kappa shape index (κ3) is 1.49. The molecule has 1 heterocycles. The molecule has 2 spiro atoms. The summed E-state index contributed by atoms with van der Waals surface area (Å²) >= 11 is 0. The highest BCUT2D eigenvalue weighted by Crippen LogP contribution is 2.53. The van der Waals surface area contributed by atoms with Gasteiger partial charge in [0.15, 0.2) is 5.79 Å². The Kier molecular flexibility index (Phi) is 2.33. The summed E-state index contributed by atoms with van der Waals surface area (Å²) in [6, 6.07) is 8.97. The quantitative estimate of drug-likeness (QED) is 0.698. The van der Waals surface area contributed by atoms with E-state index in [0.29, 0.717) is 5.41 Å². The molecule has 1 aromatic carbocycles. The molecule has 1 saturated carbocycles. The molecule has 0 radical (unpaired) electrons. The first-order valence-corrected chi connectivity index (χ1v) is 7.18. The molecule has 0 N–H and O–H groups in total. The summed E-state index contributed by atoms with van der Waals surface area (Å²) in [5.41, 5.74) is 3.45. The molecule has 2 heteroatoms. The fourth-order valence-corrected chi connectivity index (χ4v) is 4.34. The SMILES string of the molecule is c1ccc2c(c1)CCC21CCCC2(C1)OCCO2. The Bertz CT molecular complexity index is 458. The van der Waals surface area contributed by atoms with Crippen molar-refractivity contribution in [2.75, 3.05) is 13.2 Å². The standard InChI is InChI=1S/C16H20O2/c1-2-5-14-13(4-1)6-9-15(14)7-3-8-16(12-15)17-10-11-18-16/h1-2,4-5H,3,6-12H2. The lowest BCUT2D eigenvalue weighted by Crippen LogP contribution is -2.43. The molecule has 96 valence electrons. The van der Waals surface area contributed by atoms with Crippen LogP contribution in [-0.4, -0.2) is 19.0 Å². The average molecular weight is 244 g/mol. The molecule has 1 saturated heterocycles. The predicted octanol–water partition coefficient (Wildman–Crippen LogP) is 3.19. The lowest BCUT2D eigenvalue weighted by molar-refractivity contribution is -0.191. The largest absolute Gasteiger partial charge is 0.348 e. The van der Waals surface area contributed by atoms with Crippen LogP contribution < -0.4 is 0 Å². The molecule has 2 nitrogen and oxygen atoms in total. The minimum Gasteiger partial charge on any atom is -0.348 e. The molecule has 0 aromatic heterocycles. The van der Waals surface area contributed by atoms with Crippen molar-refractivity contribution < 1.29 is 9.47 Å². The highest BCUT2D eigenvalue weighted by molar-refractivity contribution is 5.40. The van der Waals surface area contributed by atoms with Crippen molar-refractivity contribution in [2.45, 2.75) is 49.7 Å². The normalized spacial score (nSPS) is 33.1. The van der Waals surface area contributed by atoms with Crippen molar-refractivity contribution in [2.24, 2.45) is 0 Å². The molecule has 0 amide bonds. The van der Waals surface area contributed by atoms with E-state index in [1.54, 1.807) is 11.1 Å². The fraction of sp³-hybridized carbons (Fsp3) is 0.625. The van der Waals surface area contributed by atoms with Crippen LogP contribution in [0.15, 0.2) is 24.3 Å². The van der Waals surface area contributed by atoms with Gasteiger partial charge in [0.2, 0.25) is 0 Å². The van der Waals surface area contributed by atoms with Crippen molar-refractivity contribution in [1.82, 2.24) is 0 Å². The summed E-state index contributed by atoms with van der Waals surface area (Å²) in [6.45, 7) is 1.55. The average Bonchev–Trinajstić information content (AvgIpc) is 2.97. The zero-order valence-corrected chi connectivity index (χ0v) is 10.8. The fourth-order valence-electron chi connectivity index (χ4n) is 4.34. The molecule has 2 aliphatic carbocycles. The van der Waals surface area contributed by atoms with Crippen LogP contribution in [0.3, 0.4) is 0 Å². The predicted molar refractivity (Wildman–Crippen MR) is 69.5 cm³/mol. The van der Waals surface area contributed by atoms with E-state index in [9.17, 15) is 0 Å². The van der Waals surface area contributed by atoms with Crippen molar-refractivity contribution in [3.63, 3.8) is 0 Å². The van der Waals surface area contributed by atoms with Gasteiger partial charge in [-0.05, 0) is 36.8 Å². The van der Waals surface area contributed by atoms with Crippen molar-refractivity contribution in [3.8, 4) is 0 Å². The second-order valence-electron chi connectivity index (χ2n) is 6.08. The van der Waals surface area contributed by atoms with Crippen LogP contribution in [0.2, 0.25) is 0 Å². The van der Waals surface area contributed by atoms with Gasteiger partial charge in [-0.3, -0.25) is 0 Å². The first kappa shape index (κ1) is 11.0. The van der Waals surface area contributed by atoms with E-state index in [0.717, 1.165) is 26.1 Å². The molecule has 1 aromatic rings. The van der Waals surface area contributed by atoms with Crippen LogP contribution in [0, 0.1) is 0 Å². The molecule has 3 aliphatic rings. The van der Waals surface area contributed by atoms with Crippen LogP contribution in [0.5, 0.6) is 0 Å². The molecule has 1 aliphatic heterocycles. The third-order valence-electron chi connectivity index (χ3n) is 5.10. The second-order valence-corrected chi connectivity index (χ2v) is 6.08. The van der Waals surface area contributed by atoms with Crippen LogP contribution in [0.25, 0.3) is 0 Å². The second kappa shape index (κ2) is 3.82. The van der Waals surface area contributed by atoms with Gasteiger partial charge in [0.1, 0.15) is 0 Å². The van der Waals surface area contributed by atoms with Crippen molar-refractivity contribution in [1.29, 1.82) is 0 Å². The minimum absolute atomic E-state index is 0.254. The molecule has 1 unspecified atom stereocenters. The number of aryl methyl sites for hydroxylation is 1. The van der Waals surface area contributed by atoms with Gasteiger partial charge in [0.25, 0.3) is 0 Å². The summed E-state index contributed by atoms with van der Waals surface area (Å²) in [5, 5.41) is 0. The zero-order valence-electron chi connectivity index (χ0n) is 10.8. The highest BCUT2D eigenvalue weighted by atomic mass is 16.7. The summed E-state index contributed by atoms with van der Waals surface area (Å²) in [5.74, 6) is -0.254. The van der Waals surface area contributed by atoms with Gasteiger partial charge in [0.05, 0.1) is 13.2 Å². The van der Waals surface area contributed by atoms with Crippen LogP contribution in [0.4, 0.5) is 0 Å². The molecule has 4 rings (SSSR count). The van der Waals surface area contributed by atoms with Gasteiger partial charge in [-0.15, -0.1) is 0 Å². The maximum atomic E-state index is 5.96. The number of hydrogen-bond donors (Lipinski definition) is 0. The van der Waals surface area contributed by atoms with Gasteiger partial charge in [-0.1, -0.05) is 24.3 Å². The summed E-state index contributed by atoms with van der Waals surface area (Å²) in [7, 11) is 0. The maximum absolute atomic E-state index is 5.96. The summed E-state index contributed by atoms with van der Waals surface area (Å²) < 4.78 is 11.9. The molecule has 2 fully saturated rings. The number of fused-ring (bicyclic) bond motifs is 2. The van der Waals surface area contributed by atoms with Gasteiger partial charge >= 0.3 is 0 Å². The lowest BCUT2D eigenvalue weighted by atomic mass is 9.68. The van der Waals surface area contributed by atoms with E-state index in [-0.39, 0.29) is 5.79 Å². The Balaban J connectivity index is 1.72. The number of rotatable bonds is 0. The maximum Gasteiger partial charge on any atom is 0.169 e. The molecular weight excluding hydrogens is 224 g/mol. The van der Waals surface area contributed by atoms with E-state index < -0.39 is 0 Å². The first-order chi connectivity index (χ1) is 8.82. The Hall–Kier alpha value is -0.860.